The molecule has 0 aromatic rings. The van der Waals surface area contributed by atoms with Crippen molar-refractivity contribution >= 4 is 0 Å². The van der Waals surface area contributed by atoms with Gasteiger partial charge in [0.05, 0.1) is 0 Å². The summed E-state index contributed by atoms with van der Waals surface area (Å²) in [4.78, 5) is 0. The van der Waals surface area contributed by atoms with Crippen molar-refractivity contribution in [3.8, 4) is 0 Å². The molecule has 0 bridgehead atoms. The van der Waals surface area contributed by atoms with Crippen molar-refractivity contribution in [2.24, 2.45) is 0 Å². The Morgan fingerprint density at radius 2 is 1.92 bits per heavy atom. The van der Waals surface area contributed by atoms with Crippen LogP contribution < -0.4 is 0 Å². The molecule has 0 fully saturated rings. The van der Waals surface area contributed by atoms with Crippen LogP contribution in [0.2, 0.25) is 0 Å². The summed E-state index contributed by atoms with van der Waals surface area (Å²) in [5, 5.41) is 0. The molecule has 0 spiro atoms. The predicted molar refractivity (Wildman–Crippen MR) is 57.2 cm³/mol. The van der Waals surface area contributed by atoms with Gasteiger partial charge in [-0.2, -0.15) is 0 Å². The van der Waals surface area contributed by atoms with Crippen LogP contribution in [0, 0.1) is 0 Å². The van der Waals surface area contributed by atoms with Gasteiger partial charge in [0, 0.05) is 0 Å². The first-order valence-electron chi connectivity index (χ1n) is 4.75. The highest BCUT2D eigenvalue weighted by Crippen LogP contribution is 2.13. The minimum absolute atomic E-state index is 1.12. The highest BCUT2D eigenvalue weighted by atomic mass is 14.0. The predicted octanol–water partition coefficient (Wildman–Crippen LogP) is 4.26. The largest absolute Gasteiger partial charge is 0.0877 e. The molecule has 0 aromatic heterocycles. The fourth-order valence-corrected chi connectivity index (χ4v) is 1.18. The summed E-state index contributed by atoms with van der Waals surface area (Å²) >= 11 is 0. The van der Waals surface area contributed by atoms with Gasteiger partial charge in [-0.25, -0.2) is 0 Å². The lowest BCUT2D eigenvalue weighted by atomic mass is 10.0. The van der Waals surface area contributed by atoms with Crippen molar-refractivity contribution < 1.29 is 0 Å². The Hall–Kier alpha value is -0.780. The van der Waals surface area contributed by atoms with E-state index in [4.69, 9.17) is 0 Å². The van der Waals surface area contributed by atoms with E-state index in [1.807, 2.05) is 6.92 Å². The van der Waals surface area contributed by atoms with Crippen LogP contribution in [0.5, 0.6) is 0 Å². The Balaban J connectivity index is 4.43. The quantitative estimate of drug-likeness (QED) is 0.545. The SMILES string of the molecule is C\C=C/C=C(CC)/C(C)=C/CC. The van der Waals surface area contributed by atoms with Crippen LogP contribution in [-0.2, 0) is 0 Å². The molecule has 0 atom stereocenters. The van der Waals surface area contributed by atoms with Crippen LogP contribution >= 0.6 is 0 Å². The highest BCUT2D eigenvalue weighted by molar-refractivity contribution is 5.31. The van der Waals surface area contributed by atoms with Gasteiger partial charge < -0.3 is 0 Å². The van der Waals surface area contributed by atoms with Gasteiger partial charge in [0.2, 0.25) is 0 Å². The molecule has 0 saturated carbocycles. The number of allylic oxidation sites excluding steroid dienone is 6. The van der Waals surface area contributed by atoms with Crippen molar-refractivity contribution in [1.29, 1.82) is 0 Å². The van der Waals surface area contributed by atoms with E-state index >= 15 is 0 Å². The van der Waals surface area contributed by atoms with Gasteiger partial charge in [0.15, 0.2) is 0 Å². The molecular weight excluding hydrogens is 144 g/mol. The lowest BCUT2D eigenvalue weighted by Gasteiger charge is -2.02. The zero-order valence-corrected chi connectivity index (χ0v) is 8.72. The summed E-state index contributed by atoms with van der Waals surface area (Å²) in [6.07, 6.45) is 10.9. The second kappa shape index (κ2) is 6.90. The maximum atomic E-state index is 2.28. The van der Waals surface area contributed by atoms with E-state index < -0.39 is 0 Å². The molecule has 12 heavy (non-hydrogen) atoms. The van der Waals surface area contributed by atoms with Gasteiger partial charge in [-0.05, 0) is 32.3 Å². The van der Waals surface area contributed by atoms with Gasteiger partial charge in [-0.3, -0.25) is 0 Å². The van der Waals surface area contributed by atoms with E-state index in [0.717, 1.165) is 12.8 Å². The normalized spacial score (nSPS) is 14.3. The van der Waals surface area contributed by atoms with E-state index in [1.54, 1.807) is 0 Å². The summed E-state index contributed by atoms with van der Waals surface area (Å²) in [6.45, 7) is 8.60. The van der Waals surface area contributed by atoms with Crippen molar-refractivity contribution in [1.82, 2.24) is 0 Å². The van der Waals surface area contributed by atoms with Crippen LogP contribution in [0.3, 0.4) is 0 Å². The maximum absolute atomic E-state index is 2.28. The standard InChI is InChI=1S/C12H20/c1-5-8-10-12(7-3)11(4)9-6-2/h5,8-10H,6-7H2,1-4H3/b8-5-,11-9+,12-10+. The first-order valence-corrected chi connectivity index (χ1v) is 4.75. The molecule has 0 rings (SSSR count). The van der Waals surface area contributed by atoms with Crippen LogP contribution in [0.1, 0.15) is 40.5 Å². The number of hydrogen-bond acceptors (Lipinski definition) is 0. The monoisotopic (exact) mass is 164 g/mol. The first kappa shape index (κ1) is 11.2. The van der Waals surface area contributed by atoms with E-state index in [1.165, 1.54) is 11.1 Å². The van der Waals surface area contributed by atoms with Crippen LogP contribution in [0.4, 0.5) is 0 Å². The summed E-state index contributed by atoms with van der Waals surface area (Å²) in [6, 6.07) is 0. The van der Waals surface area contributed by atoms with Crippen LogP contribution in [0.25, 0.3) is 0 Å². The zero-order valence-electron chi connectivity index (χ0n) is 8.72. The van der Waals surface area contributed by atoms with Gasteiger partial charge in [0.25, 0.3) is 0 Å². The molecule has 0 heteroatoms. The van der Waals surface area contributed by atoms with Gasteiger partial charge in [-0.1, -0.05) is 43.7 Å². The average molecular weight is 164 g/mol. The number of hydrogen-bond donors (Lipinski definition) is 0. The minimum Gasteiger partial charge on any atom is -0.0877 e. The van der Waals surface area contributed by atoms with Crippen LogP contribution in [-0.4, -0.2) is 0 Å². The van der Waals surface area contributed by atoms with E-state index in [-0.39, 0.29) is 0 Å². The third-order valence-corrected chi connectivity index (χ3v) is 1.89. The van der Waals surface area contributed by atoms with Gasteiger partial charge >= 0.3 is 0 Å². The smallest absolute Gasteiger partial charge is 0.0305 e. The zero-order chi connectivity index (χ0) is 9.40. The molecular formula is C12H20. The van der Waals surface area contributed by atoms with Crippen molar-refractivity contribution in [3.05, 3.63) is 35.5 Å². The first-order chi connectivity index (χ1) is 5.76. The molecule has 0 aromatic carbocycles. The molecule has 0 aliphatic rings. The lowest BCUT2D eigenvalue weighted by molar-refractivity contribution is 1.08. The Labute approximate surface area is 76.7 Å². The fraction of sp³-hybridized carbons (Fsp3) is 0.500. The third kappa shape index (κ3) is 4.17. The summed E-state index contributed by atoms with van der Waals surface area (Å²) in [5.41, 5.74) is 2.85. The Morgan fingerprint density at radius 3 is 2.33 bits per heavy atom. The van der Waals surface area contributed by atoms with Crippen molar-refractivity contribution in [2.45, 2.75) is 40.5 Å². The molecule has 68 valence electrons. The van der Waals surface area contributed by atoms with Crippen molar-refractivity contribution in [3.63, 3.8) is 0 Å². The second-order valence-electron chi connectivity index (χ2n) is 2.87. The summed E-state index contributed by atoms with van der Waals surface area (Å²) < 4.78 is 0. The molecule has 0 radical (unpaired) electrons. The molecule has 0 N–H and O–H groups in total. The molecule has 0 saturated heterocycles. The summed E-state index contributed by atoms with van der Waals surface area (Å²) in [7, 11) is 0. The Bertz CT molecular complexity index is 192. The fourth-order valence-electron chi connectivity index (χ4n) is 1.18. The number of rotatable bonds is 4. The van der Waals surface area contributed by atoms with E-state index in [9.17, 15) is 0 Å². The lowest BCUT2D eigenvalue weighted by Crippen LogP contribution is -1.82. The summed E-state index contributed by atoms with van der Waals surface area (Å²) in [5.74, 6) is 0. The van der Waals surface area contributed by atoms with E-state index in [0.29, 0.717) is 0 Å². The van der Waals surface area contributed by atoms with Gasteiger partial charge in [0.1, 0.15) is 0 Å². The highest BCUT2D eigenvalue weighted by Gasteiger charge is 1.93. The maximum Gasteiger partial charge on any atom is -0.0305 e. The Kier molecular flexibility index (Phi) is 6.45. The second-order valence-corrected chi connectivity index (χ2v) is 2.87. The van der Waals surface area contributed by atoms with Gasteiger partial charge in [-0.15, -0.1) is 0 Å². The topological polar surface area (TPSA) is 0 Å². The van der Waals surface area contributed by atoms with Crippen molar-refractivity contribution in [2.75, 3.05) is 0 Å². The molecule has 0 unspecified atom stereocenters. The molecule has 0 aliphatic carbocycles. The molecule has 0 amide bonds. The third-order valence-electron chi connectivity index (χ3n) is 1.89. The van der Waals surface area contributed by atoms with Crippen LogP contribution in [0.15, 0.2) is 35.5 Å². The van der Waals surface area contributed by atoms with E-state index in [2.05, 4.69) is 45.1 Å². The minimum atomic E-state index is 1.12. The molecule has 0 heterocycles. The Morgan fingerprint density at radius 1 is 1.25 bits per heavy atom. The average Bonchev–Trinajstić information content (AvgIpc) is 2.06. The molecule has 0 nitrogen and oxygen atoms in total. The molecule has 0 aliphatic heterocycles.